The van der Waals surface area contributed by atoms with Gasteiger partial charge in [-0.3, -0.25) is 4.79 Å². The lowest BCUT2D eigenvalue weighted by Crippen LogP contribution is -2.49. The van der Waals surface area contributed by atoms with E-state index in [1.54, 1.807) is 0 Å². The lowest BCUT2D eigenvalue weighted by Gasteiger charge is -2.27. The molecule has 0 bridgehead atoms. The van der Waals surface area contributed by atoms with E-state index in [0.717, 1.165) is 0 Å². The molecule has 0 radical (unpaired) electrons. The first kappa shape index (κ1) is 9.78. The third kappa shape index (κ3) is 1.89. The number of hydrogen-bond donors (Lipinski definition) is 1. The predicted molar refractivity (Wildman–Crippen MR) is 40.8 cm³/mol. The summed E-state index contributed by atoms with van der Waals surface area (Å²) < 4.78 is 26.5. The summed E-state index contributed by atoms with van der Waals surface area (Å²) in [6, 6.07) is 0. The van der Waals surface area contributed by atoms with E-state index in [9.17, 15) is 18.0 Å². The molecule has 1 aliphatic heterocycles. The van der Waals surface area contributed by atoms with Gasteiger partial charge in [0, 0.05) is 20.0 Å². The van der Waals surface area contributed by atoms with Crippen molar-refractivity contribution in [3.05, 3.63) is 0 Å². The van der Waals surface area contributed by atoms with E-state index in [1.165, 1.54) is 7.05 Å². The number of hydrogen-bond acceptors (Lipinski definition) is 5. The van der Waals surface area contributed by atoms with E-state index >= 15 is 0 Å². The zero-order valence-electron chi connectivity index (χ0n) is 6.81. The second-order valence-corrected chi connectivity index (χ2v) is 3.76. The summed E-state index contributed by atoms with van der Waals surface area (Å²) in [6.07, 6.45) is -0.948. The fraction of sp³-hybridized carbons (Fsp3) is 0.600. The van der Waals surface area contributed by atoms with Crippen molar-refractivity contribution in [3.8, 4) is 0 Å². The first-order chi connectivity index (χ1) is 5.97. The van der Waals surface area contributed by atoms with Crippen molar-refractivity contribution < 1.29 is 22.2 Å². The standard InChI is InChI=1S/C5H8N2O5S/c1-6-5(9)12-13(10,11)7-3-2-4(7)8/h2-3H2,1H3,(H,6,9). The number of nitrogens with zero attached hydrogens (tertiary/aromatic N) is 1. The molecular weight excluding hydrogens is 200 g/mol. The van der Waals surface area contributed by atoms with E-state index in [4.69, 9.17) is 0 Å². The van der Waals surface area contributed by atoms with Gasteiger partial charge in [0.15, 0.2) is 0 Å². The molecule has 1 aliphatic rings. The van der Waals surface area contributed by atoms with Crippen LogP contribution in [0.3, 0.4) is 0 Å². The number of nitrogens with one attached hydrogen (secondary N) is 1. The van der Waals surface area contributed by atoms with E-state index in [1.807, 2.05) is 5.32 Å². The molecule has 13 heavy (non-hydrogen) atoms. The Kier molecular flexibility index (Phi) is 2.41. The average molecular weight is 208 g/mol. The van der Waals surface area contributed by atoms with E-state index in [2.05, 4.69) is 4.18 Å². The molecule has 0 atom stereocenters. The van der Waals surface area contributed by atoms with Crippen molar-refractivity contribution in [2.75, 3.05) is 13.6 Å². The first-order valence-corrected chi connectivity index (χ1v) is 4.80. The molecule has 74 valence electrons. The van der Waals surface area contributed by atoms with E-state index < -0.39 is 22.3 Å². The summed E-state index contributed by atoms with van der Waals surface area (Å²) >= 11 is 0. The molecule has 0 aromatic carbocycles. The van der Waals surface area contributed by atoms with Crippen molar-refractivity contribution in [2.45, 2.75) is 6.42 Å². The highest BCUT2D eigenvalue weighted by molar-refractivity contribution is 7.85. The van der Waals surface area contributed by atoms with Gasteiger partial charge in [0.25, 0.3) is 0 Å². The van der Waals surface area contributed by atoms with Crippen LogP contribution in [0.5, 0.6) is 0 Å². The van der Waals surface area contributed by atoms with Crippen LogP contribution in [0, 0.1) is 0 Å². The third-order valence-electron chi connectivity index (χ3n) is 1.46. The molecule has 1 fully saturated rings. The van der Waals surface area contributed by atoms with Crippen molar-refractivity contribution in [2.24, 2.45) is 0 Å². The molecule has 1 N–H and O–H groups in total. The normalized spacial score (nSPS) is 16.4. The van der Waals surface area contributed by atoms with Gasteiger partial charge in [0.2, 0.25) is 5.91 Å². The Morgan fingerprint density at radius 2 is 2.23 bits per heavy atom. The number of carbonyl (C=O) groups excluding carboxylic acids is 2. The molecule has 0 unspecified atom stereocenters. The summed E-state index contributed by atoms with van der Waals surface area (Å²) in [7, 11) is -2.99. The van der Waals surface area contributed by atoms with Gasteiger partial charge in [-0.1, -0.05) is 0 Å². The molecule has 1 rings (SSSR count). The average Bonchev–Trinajstić information content (AvgIpc) is 1.99. The van der Waals surface area contributed by atoms with Gasteiger partial charge >= 0.3 is 16.4 Å². The molecular formula is C5H8N2O5S. The molecule has 0 aromatic rings. The molecule has 8 heteroatoms. The fourth-order valence-corrected chi connectivity index (χ4v) is 1.73. The van der Waals surface area contributed by atoms with E-state index in [-0.39, 0.29) is 13.0 Å². The SMILES string of the molecule is CNC(=O)OS(=O)(=O)N1CCC1=O. The molecule has 0 aliphatic carbocycles. The largest absolute Gasteiger partial charge is 0.423 e. The van der Waals surface area contributed by atoms with Gasteiger partial charge < -0.3 is 9.50 Å². The second kappa shape index (κ2) is 3.21. The van der Waals surface area contributed by atoms with Gasteiger partial charge in [0.05, 0.1) is 0 Å². The highest BCUT2D eigenvalue weighted by Crippen LogP contribution is 2.15. The van der Waals surface area contributed by atoms with Crippen molar-refractivity contribution >= 4 is 22.3 Å². The third-order valence-corrected chi connectivity index (χ3v) is 2.75. The van der Waals surface area contributed by atoms with Crippen LogP contribution in [0.4, 0.5) is 4.79 Å². The molecule has 0 saturated carbocycles. The summed E-state index contributed by atoms with van der Waals surface area (Å²) in [5.74, 6) is -0.566. The zero-order valence-corrected chi connectivity index (χ0v) is 7.63. The highest BCUT2D eigenvalue weighted by atomic mass is 32.2. The lowest BCUT2D eigenvalue weighted by atomic mass is 10.3. The topological polar surface area (TPSA) is 92.8 Å². The summed E-state index contributed by atoms with van der Waals surface area (Å²) in [5, 5.41) is 1.96. The van der Waals surface area contributed by atoms with Crippen LogP contribution in [0.25, 0.3) is 0 Å². The highest BCUT2D eigenvalue weighted by Gasteiger charge is 2.37. The van der Waals surface area contributed by atoms with Crippen LogP contribution in [0.15, 0.2) is 0 Å². The Morgan fingerprint density at radius 3 is 2.54 bits per heavy atom. The number of amides is 2. The molecule has 1 heterocycles. The quantitative estimate of drug-likeness (QED) is 0.576. The maximum Gasteiger partial charge on any atom is 0.423 e. The first-order valence-electron chi connectivity index (χ1n) is 3.44. The van der Waals surface area contributed by atoms with Gasteiger partial charge in [0.1, 0.15) is 0 Å². The van der Waals surface area contributed by atoms with Gasteiger partial charge in [-0.15, -0.1) is 0 Å². The monoisotopic (exact) mass is 208 g/mol. The minimum absolute atomic E-state index is 0.0676. The molecule has 0 spiro atoms. The van der Waals surface area contributed by atoms with Crippen LogP contribution in [0.1, 0.15) is 6.42 Å². The number of β-lactam (4-membered cyclic amide) rings is 1. The van der Waals surface area contributed by atoms with Crippen LogP contribution in [-0.2, 0) is 19.3 Å². The Bertz CT molecular complexity index is 335. The molecule has 0 aromatic heterocycles. The number of carbonyl (C=O) groups is 2. The smallest absolute Gasteiger partial charge is 0.324 e. The lowest BCUT2D eigenvalue weighted by molar-refractivity contribution is -0.133. The number of rotatable bonds is 2. The minimum atomic E-state index is -4.21. The summed E-state index contributed by atoms with van der Waals surface area (Å²) in [6.45, 7) is 0.0676. The van der Waals surface area contributed by atoms with Crippen molar-refractivity contribution in [3.63, 3.8) is 0 Å². The Balaban J connectivity index is 2.66. The van der Waals surface area contributed by atoms with Crippen LogP contribution >= 0.6 is 0 Å². The van der Waals surface area contributed by atoms with Crippen molar-refractivity contribution in [1.29, 1.82) is 0 Å². The van der Waals surface area contributed by atoms with Gasteiger partial charge in [-0.25, -0.2) is 9.10 Å². The minimum Gasteiger partial charge on any atom is -0.324 e. The summed E-state index contributed by atoms with van der Waals surface area (Å²) in [5.41, 5.74) is 0. The Labute approximate surface area is 74.9 Å². The van der Waals surface area contributed by atoms with Crippen molar-refractivity contribution in [1.82, 2.24) is 9.62 Å². The molecule has 1 saturated heterocycles. The maximum atomic E-state index is 11.0. The Morgan fingerprint density at radius 1 is 1.62 bits per heavy atom. The zero-order chi connectivity index (χ0) is 10.1. The van der Waals surface area contributed by atoms with Crippen LogP contribution in [-0.4, -0.2) is 38.3 Å². The predicted octanol–water partition coefficient (Wildman–Crippen LogP) is -1.18. The second-order valence-electron chi connectivity index (χ2n) is 2.29. The van der Waals surface area contributed by atoms with Crippen LogP contribution < -0.4 is 5.32 Å². The Hall–Kier alpha value is -1.31. The maximum absolute atomic E-state index is 11.0. The van der Waals surface area contributed by atoms with Gasteiger partial charge in [-0.2, -0.15) is 8.42 Å². The fourth-order valence-electron chi connectivity index (χ4n) is 0.713. The van der Waals surface area contributed by atoms with Gasteiger partial charge in [-0.05, 0) is 0 Å². The molecule has 7 nitrogen and oxygen atoms in total. The molecule has 2 amide bonds. The summed E-state index contributed by atoms with van der Waals surface area (Å²) in [4.78, 5) is 21.2. The van der Waals surface area contributed by atoms with Crippen LogP contribution in [0.2, 0.25) is 0 Å². The van der Waals surface area contributed by atoms with E-state index in [0.29, 0.717) is 4.31 Å².